The van der Waals surface area contributed by atoms with E-state index in [4.69, 9.17) is 5.73 Å². The molecule has 0 amide bonds. The Bertz CT molecular complexity index is 360. The lowest BCUT2D eigenvalue weighted by molar-refractivity contribution is 0.471. The van der Waals surface area contributed by atoms with Crippen molar-refractivity contribution in [3.8, 4) is 0 Å². The van der Waals surface area contributed by atoms with Crippen LogP contribution in [0.3, 0.4) is 0 Å². The van der Waals surface area contributed by atoms with E-state index in [1.807, 2.05) is 6.07 Å². The fraction of sp³-hybridized carbons (Fsp3) is 0.615. The normalized spacial score (nSPS) is 18.4. The lowest BCUT2D eigenvalue weighted by Gasteiger charge is -2.22. The van der Waals surface area contributed by atoms with E-state index in [0.717, 1.165) is 16.0 Å². The van der Waals surface area contributed by atoms with E-state index in [2.05, 4.69) is 26.2 Å². The molecule has 0 bridgehead atoms. The zero-order valence-electron chi connectivity index (χ0n) is 10.1. The third-order valence-electron chi connectivity index (χ3n) is 3.33. The van der Waals surface area contributed by atoms with Crippen LogP contribution in [0.2, 0.25) is 0 Å². The number of nitrogens with zero attached hydrogens (tertiary/aromatic N) is 1. The van der Waals surface area contributed by atoms with Crippen molar-refractivity contribution < 1.29 is 0 Å². The van der Waals surface area contributed by atoms with Crippen molar-refractivity contribution in [3.05, 3.63) is 16.7 Å². The van der Waals surface area contributed by atoms with Gasteiger partial charge in [0.15, 0.2) is 0 Å². The highest BCUT2D eigenvalue weighted by atomic mass is 79.9. The molecule has 1 saturated carbocycles. The summed E-state index contributed by atoms with van der Waals surface area (Å²) in [7, 11) is 0. The Balaban J connectivity index is 1.98. The van der Waals surface area contributed by atoms with Crippen LogP contribution >= 0.6 is 15.9 Å². The van der Waals surface area contributed by atoms with Crippen LogP contribution in [0.4, 0.5) is 11.5 Å². The fourth-order valence-electron chi connectivity index (χ4n) is 2.37. The Labute approximate surface area is 111 Å². The molecule has 3 N–H and O–H groups in total. The molecule has 0 aromatic carbocycles. The van der Waals surface area contributed by atoms with E-state index in [-0.39, 0.29) is 0 Å². The molecule has 3 nitrogen and oxygen atoms in total. The van der Waals surface area contributed by atoms with Crippen molar-refractivity contribution >= 4 is 27.4 Å². The Morgan fingerprint density at radius 3 is 2.47 bits per heavy atom. The number of rotatable bonds is 2. The number of hydrogen-bond acceptors (Lipinski definition) is 3. The van der Waals surface area contributed by atoms with E-state index < -0.39 is 0 Å². The van der Waals surface area contributed by atoms with Gasteiger partial charge in [-0.3, -0.25) is 0 Å². The Morgan fingerprint density at radius 1 is 1.18 bits per heavy atom. The van der Waals surface area contributed by atoms with E-state index >= 15 is 0 Å². The molecule has 2 rings (SSSR count). The summed E-state index contributed by atoms with van der Waals surface area (Å²) in [6.45, 7) is 0. The Hall–Kier alpha value is -0.770. The first-order chi connectivity index (χ1) is 8.25. The zero-order chi connectivity index (χ0) is 12.1. The number of anilines is 2. The SMILES string of the molecule is Nc1cc(Br)cnc1NC1CCCCCCC1. The van der Waals surface area contributed by atoms with E-state index in [1.54, 1.807) is 6.20 Å². The Kier molecular flexibility index (Phi) is 4.66. The maximum atomic E-state index is 5.95. The molecule has 1 fully saturated rings. The van der Waals surface area contributed by atoms with Crippen molar-refractivity contribution in [1.29, 1.82) is 0 Å². The molecule has 0 spiro atoms. The number of hydrogen-bond donors (Lipinski definition) is 2. The van der Waals surface area contributed by atoms with Crippen molar-refractivity contribution in [2.75, 3.05) is 11.1 Å². The minimum atomic E-state index is 0.534. The second-order valence-electron chi connectivity index (χ2n) is 4.78. The number of aromatic nitrogens is 1. The highest BCUT2D eigenvalue weighted by Crippen LogP contribution is 2.24. The van der Waals surface area contributed by atoms with E-state index in [1.165, 1.54) is 44.9 Å². The van der Waals surface area contributed by atoms with Crippen LogP contribution in [0.5, 0.6) is 0 Å². The van der Waals surface area contributed by atoms with Gasteiger partial charge in [0.05, 0.1) is 5.69 Å². The molecule has 94 valence electrons. The summed E-state index contributed by atoms with van der Waals surface area (Å²) in [4.78, 5) is 4.34. The standard InChI is InChI=1S/C13H20BrN3/c14-10-8-12(15)13(16-9-10)17-11-6-4-2-1-3-5-7-11/h8-9,11H,1-7,15H2,(H,16,17). The van der Waals surface area contributed by atoms with Gasteiger partial charge in [-0.15, -0.1) is 0 Å². The van der Waals surface area contributed by atoms with Gasteiger partial charge in [-0.25, -0.2) is 4.98 Å². The maximum Gasteiger partial charge on any atom is 0.149 e. The predicted octanol–water partition coefficient (Wildman–Crippen LogP) is 3.95. The highest BCUT2D eigenvalue weighted by molar-refractivity contribution is 9.10. The third-order valence-corrected chi connectivity index (χ3v) is 3.76. The number of halogens is 1. The molecule has 1 aromatic rings. The maximum absolute atomic E-state index is 5.95. The van der Waals surface area contributed by atoms with Gasteiger partial charge in [0, 0.05) is 16.7 Å². The lowest BCUT2D eigenvalue weighted by atomic mass is 9.97. The summed E-state index contributed by atoms with van der Waals surface area (Å²) >= 11 is 3.37. The van der Waals surface area contributed by atoms with Gasteiger partial charge in [-0.2, -0.15) is 0 Å². The van der Waals surface area contributed by atoms with Crippen LogP contribution in [0.1, 0.15) is 44.9 Å². The number of nitrogen functional groups attached to an aromatic ring is 1. The van der Waals surface area contributed by atoms with E-state index in [9.17, 15) is 0 Å². The van der Waals surface area contributed by atoms with Gasteiger partial charge < -0.3 is 11.1 Å². The molecular formula is C13H20BrN3. The first-order valence-corrected chi connectivity index (χ1v) is 7.22. The molecule has 1 aliphatic carbocycles. The van der Waals surface area contributed by atoms with Gasteiger partial charge in [0.25, 0.3) is 0 Å². The lowest BCUT2D eigenvalue weighted by Crippen LogP contribution is -2.21. The zero-order valence-corrected chi connectivity index (χ0v) is 11.7. The monoisotopic (exact) mass is 297 g/mol. The molecule has 1 aliphatic rings. The first kappa shape index (κ1) is 12.7. The summed E-state index contributed by atoms with van der Waals surface area (Å²) in [6.07, 6.45) is 11.0. The smallest absolute Gasteiger partial charge is 0.149 e. The average Bonchev–Trinajstić information content (AvgIpc) is 2.25. The summed E-state index contributed by atoms with van der Waals surface area (Å²) in [5.74, 6) is 0.832. The second-order valence-corrected chi connectivity index (χ2v) is 5.69. The Morgan fingerprint density at radius 2 is 1.82 bits per heavy atom. The van der Waals surface area contributed by atoms with Crippen molar-refractivity contribution in [2.45, 2.75) is 51.0 Å². The largest absolute Gasteiger partial charge is 0.396 e. The molecule has 0 aliphatic heterocycles. The summed E-state index contributed by atoms with van der Waals surface area (Å²) in [6, 6.07) is 2.43. The van der Waals surface area contributed by atoms with Crippen molar-refractivity contribution in [2.24, 2.45) is 0 Å². The van der Waals surface area contributed by atoms with Crippen LogP contribution in [-0.4, -0.2) is 11.0 Å². The number of nitrogens with two attached hydrogens (primary N) is 1. The minimum absolute atomic E-state index is 0.534. The average molecular weight is 298 g/mol. The van der Waals surface area contributed by atoms with Crippen molar-refractivity contribution in [1.82, 2.24) is 4.98 Å². The third kappa shape index (κ3) is 3.87. The van der Waals surface area contributed by atoms with Crippen LogP contribution in [0.25, 0.3) is 0 Å². The first-order valence-electron chi connectivity index (χ1n) is 6.43. The second kappa shape index (κ2) is 6.24. The van der Waals surface area contributed by atoms with Gasteiger partial charge in [-0.1, -0.05) is 32.1 Å². The predicted molar refractivity (Wildman–Crippen MR) is 76.1 cm³/mol. The summed E-state index contributed by atoms with van der Waals surface area (Å²) in [5.41, 5.74) is 6.68. The van der Waals surface area contributed by atoms with Crippen LogP contribution < -0.4 is 11.1 Å². The van der Waals surface area contributed by atoms with Crippen LogP contribution in [0, 0.1) is 0 Å². The van der Waals surface area contributed by atoms with Crippen LogP contribution in [0.15, 0.2) is 16.7 Å². The quantitative estimate of drug-likeness (QED) is 0.869. The minimum Gasteiger partial charge on any atom is -0.396 e. The highest BCUT2D eigenvalue weighted by Gasteiger charge is 2.12. The molecule has 0 radical (unpaired) electrons. The fourth-order valence-corrected chi connectivity index (χ4v) is 2.72. The van der Waals surface area contributed by atoms with Gasteiger partial charge >= 0.3 is 0 Å². The molecule has 0 saturated heterocycles. The molecule has 0 atom stereocenters. The van der Waals surface area contributed by atoms with Gasteiger partial charge in [-0.05, 0) is 34.8 Å². The van der Waals surface area contributed by atoms with Gasteiger partial charge in [0.1, 0.15) is 5.82 Å². The number of nitrogens with one attached hydrogen (secondary N) is 1. The molecule has 4 heteroatoms. The van der Waals surface area contributed by atoms with Crippen molar-refractivity contribution in [3.63, 3.8) is 0 Å². The molecule has 0 unspecified atom stereocenters. The molecular weight excluding hydrogens is 278 g/mol. The number of pyridine rings is 1. The molecule has 17 heavy (non-hydrogen) atoms. The van der Waals surface area contributed by atoms with Gasteiger partial charge in [0.2, 0.25) is 0 Å². The summed E-state index contributed by atoms with van der Waals surface area (Å²) < 4.78 is 0.929. The summed E-state index contributed by atoms with van der Waals surface area (Å²) in [5, 5.41) is 3.49. The molecule has 1 heterocycles. The topological polar surface area (TPSA) is 50.9 Å². The molecule has 1 aromatic heterocycles. The van der Waals surface area contributed by atoms with E-state index in [0.29, 0.717) is 6.04 Å². The van der Waals surface area contributed by atoms with Crippen LogP contribution in [-0.2, 0) is 0 Å².